The second kappa shape index (κ2) is 7.22. The number of nitrogens with zero attached hydrogens (tertiary/aromatic N) is 2. The van der Waals surface area contributed by atoms with Gasteiger partial charge in [-0.15, -0.1) is 0 Å². The first-order chi connectivity index (χ1) is 10.4. The van der Waals surface area contributed by atoms with Crippen molar-refractivity contribution in [2.75, 3.05) is 5.32 Å². The van der Waals surface area contributed by atoms with Crippen molar-refractivity contribution >= 4 is 23.3 Å². The summed E-state index contributed by atoms with van der Waals surface area (Å²) >= 11 is 5.86. The van der Waals surface area contributed by atoms with E-state index in [2.05, 4.69) is 20.6 Å². The molecule has 1 amide bonds. The number of hydrogen-bond acceptors (Lipinski definition) is 4. The average molecular weight is 319 g/mol. The van der Waals surface area contributed by atoms with Gasteiger partial charge < -0.3 is 10.6 Å². The van der Waals surface area contributed by atoms with E-state index in [1.54, 1.807) is 13.0 Å². The number of halogens is 1. The van der Waals surface area contributed by atoms with Gasteiger partial charge in [0.15, 0.2) is 0 Å². The van der Waals surface area contributed by atoms with E-state index in [0.29, 0.717) is 28.9 Å². The highest BCUT2D eigenvalue weighted by Gasteiger charge is 2.11. The molecule has 0 saturated carbocycles. The maximum absolute atomic E-state index is 12.0. The van der Waals surface area contributed by atoms with Gasteiger partial charge in [0, 0.05) is 23.7 Å². The van der Waals surface area contributed by atoms with Crippen LogP contribution in [0.2, 0.25) is 5.02 Å². The molecule has 116 valence electrons. The topological polar surface area (TPSA) is 66.9 Å². The van der Waals surface area contributed by atoms with Gasteiger partial charge >= 0.3 is 0 Å². The second-order valence-corrected chi connectivity index (χ2v) is 5.73. The molecule has 1 aromatic carbocycles. The lowest BCUT2D eigenvalue weighted by atomic mass is 10.2. The van der Waals surface area contributed by atoms with Crippen molar-refractivity contribution in [2.45, 2.75) is 33.4 Å². The monoisotopic (exact) mass is 318 g/mol. The van der Waals surface area contributed by atoms with Crippen molar-refractivity contribution < 1.29 is 4.79 Å². The third-order valence-electron chi connectivity index (χ3n) is 2.88. The molecular weight excluding hydrogens is 300 g/mol. The first-order valence-electron chi connectivity index (χ1n) is 7.09. The van der Waals surface area contributed by atoms with Crippen molar-refractivity contribution in [1.29, 1.82) is 0 Å². The molecule has 6 heteroatoms. The summed E-state index contributed by atoms with van der Waals surface area (Å²) in [7, 11) is 0. The zero-order valence-corrected chi connectivity index (χ0v) is 13.6. The number of benzene rings is 1. The van der Waals surface area contributed by atoms with Gasteiger partial charge in [0.25, 0.3) is 5.91 Å². The molecule has 1 heterocycles. The number of carbonyl (C=O) groups excluding carboxylic acids is 1. The lowest BCUT2D eigenvalue weighted by Crippen LogP contribution is -2.31. The number of rotatable bonds is 5. The highest BCUT2D eigenvalue weighted by atomic mass is 35.5. The summed E-state index contributed by atoms with van der Waals surface area (Å²) in [6.07, 6.45) is 0. The van der Waals surface area contributed by atoms with E-state index in [0.717, 1.165) is 5.56 Å². The van der Waals surface area contributed by atoms with Crippen molar-refractivity contribution in [3.63, 3.8) is 0 Å². The summed E-state index contributed by atoms with van der Waals surface area (Å²) in [5.41, 5.74) is 1.44. The van der Waals surface area contributed by atoms with E-state index in [9.17, 15) is 4.79 Å². The zero-order chi connectivity index (χ0) is 16.1. The Morgan fingerprint density at radius 3 is 2.55 bits per heavy atom. The van der Waals surface area contributed by atoms with E-state index in [4.69, 9.17) is 11.6 Å². The molecule has 0 aliphatic rings. The standard InChI is InChI=1S/C16H19ClN4O/c1-10(2)19-16(22)14-8-15(21-11(3)20-14)18-9-12-4-6-13(17)7-5-12/h4-8,10H,9H2,1-3H3,(H,19,22)(H,18,20,21). The zero-order valence-electron chi connectivity index (χ0n) is 12.9. The van der Waals surface area contributed by atoms with Crippen LogP contribution in [0.25, 0.3) is 0 Å². The lowest BCUT2D eigenvalue weighted by molar-refractivity contribution is 0.0937. The van der Waals surface area contributed by atoms with Gasteiger partial charge in [-0.25, -0.2) is 9.97 Å². The highest BCUT2D eigenvalue weighted by Crippen LogP contribution is 2.12. The molecule has 22 heavy (non-hydrogen) atoms. The van der Waals surface area contributed by atoms with Gasteiger partial charge in [-0.1, -0.05) is 23.7 Å². The summed E-state index contributed by atoms with van der Waals surface area (Å²) in [4.78, 5) is 20.5. The average Bonchev–Trinajstić information content (AvgIpc) is 2.45. The van der Waals surface area contributed by atoms with Gasteiger partial charge in [-0.05, 0) is 38.5 Å². The Kier molecular flexibility index (Phi) is 5.33. The number of anilines is 1. The van der Waals surface area contributed by atoms with Crippen molar-refractivity contribution in [2.24, 2.45) is 0 Å². The van der Waals surface area contributed by atoms with E-state index in [1.165, 1.54) is 0 Å². The van der Waals surface area contributed by atoms with E-state index in [1.807, 2.05) is 38.1 Å². The summed E-state index contributed by atoms with van der Waals surface area (Å²) in [5, 5.41) is 6.72. The number of amides is 1. The van der Waals surface area contributed by atoms with E-state index in [-0.39, 0.29) is 11.9 Å². The SMILES string of the molecule is Cc1nc(NCc2ccc(Cl)cc2)cc(C(=O)NC(C)C)n1. The molecule has 0 fully saturated rings. The molecule has 0 bridgehead atoms. The van der Waals surface area contributed by atoms with Crippen LogP contribution >= 0.6 is 11.6 Å². The molecule has 2 aromatic rings. The van der Waals surface area contributed by atoms with Gasteiger partial charge in [0.1, 0.15) is 17.3 Å². The molecule has 0 atom stereocenters. The second-order valence-electron chi connectivity index (χ2n) is 5.29. The Morgan fingerprint density at radius 2 is 1.91 bits per heavy atom. The van der Waals surface area contributed by atoms with Crippen LogP contribution in [0, 0.1) is 6.92 Å². The van der Waals surface area contributed by atoms with E-state index < -0.39 is 0 Å². The summed E-state index contributed by atoms with van der Waals surface area (Å²) in [5.74, 6) is 0.974. The van der Waals surface area contributed by atoms with Crippen LogP contribution in [0.5, 0.6) is 0 Å². The molecule has 2 N–H and O–H groups in total. The number of aromatic nitrogens is 2. The molecule has 0 spiro atoms. The fourth-order valence-electron chi connectivity index (χ4n) is 1.91. The minimum absolute atomic E-state index is 0.0632. The predicted octanol–water partition coefficient (Wildman–Crippen LogP) is 3.19. The summed E-state index contributed by atoms with van der Waals surface area (Å²) in [6.45, 7) is 6.18. The van der Waals surface area contributed by atoms with Crippen molar-refractivity contribution in [3.05, 3.63) is 52.4 Å². The Bertz CT molecular complexity index is 656. The van der Waals surface area contributed by atoms with Crippen molar-refractivity contribution in [3.8, 4) is 0 Å². The quantitative estimate of drug-likeness (QED) is 0.888. The number of aryl methyl sites for hydroxylation is 1. The normalized spacial score (nSPS) is 10.6. The Labute approximate surface area is 135 Å². The number of carbonyl (C=O) groups is 1. The van der Waals surface area contributed by atoms with Gasteiger partial charge in [-0.2, -0.15) is 0 Å². The molecule has 0 saturated heterocycles. The van der Waals surface area contributed by atoms with Crippen molar-refractivity contribution in [1.82, 2.24) is 15.3 Å². The first kappa shape index (κ1) is 16.2. The lowest BCUT2D eigenvalue weighted by Gasteiger charge is -2.11. The maximum atomic E-state index is 12.0. The van der Waals surface area contributed by atoms with Crippen LogP contribution in [0.1, 0.15) is 35.7 Å². The van der Waals surface area contributed by atoms with Crippen LogP contribution in [0.15, 0.2) is 30.3 Å². The molecule has 0 aliphatic carbocycles. The predicted molar refractivity (Wildman–Crippen MR) is 88.1 cm³/mol. The number of hydrogen-bond donors (Lipinski definition) is 2. The summed E-state index contributed by atoms with van der Waals surface area (Å²) in [6, 6.07) is 9.27. The summed E-state index contributed by atoms with van der Waals surface area (Å²) < 4.78 is 0. The van der Waals surface area contributed by atoms with Crippen LogP contribution in [-0.2, 0) is 6.54 Å². The third-order valence-corrected chi connectivity index (χ3v) is 3.13. The fraction of sp³-hybridized carbons (Fsp3) is 0.312. The smallest absolute Gasteiger partial charge is 0.270 e. The highest BCUT2D eigenvalue weighted by molar-refractivity contribution is 6.30. The Hall–Kier alpha value is -2.14. The molecule has 0 radical (unpaired) electrons. The minimum Gasteiger partial charge on any atom is -0.366 e. The molecule has 2 rings (SSSR count). The third kappa shape index (κ3) is 4.70. The first-order valence-corrected chi connectivity index (χ1v) is 7.46. The molecule has 1 aromatic heterocycles. The van der Waals surface area contributed by atoms with Crippen LogP contribution in [0.3, 0.4) is 0 Å². The largest absolute Gasteiger partial charge is 0.366 e. The van der Waals surface area contributed by atoms with Crippen LogP contribution in [0.4, 0.5) is 5.82 Å². The van der Waals surface area contributed by atoms with Gasteiger partial charge in [0.2, 0.25) is 0 Å². The molecule has 5 nitrogen and oxygen atoms in total. The van der Waals surface area contributed by atoms with E-state index >= 15 is 0 Å². The van der Waals surface area contributed by atoms with Gasteiger partial charge in [0.05, 0.1) is 0 Å². The molecule has 0 unspecified atom stereocenters. The molecule has 0 aliphatic heterocycles. The Morgan fingerprint density at radius 1 is 1.23 bits per heavy atom. The fourth-order valence-corrected chi connectivity index (χ4v) is 2.03. The Balaban J connectivity index is 2.09. The maximum Gasteiger partial charge on any atom is 0.270 e. The van der Waals surface area contributed by atoms with Gasteiger partial charge in [-0.3, -0.25) is 4.79 Å². The van der Waals surface area contributed by atoms with Crippen LogP contribution < -0.4 is 10.6 Å². The number of nitrogens with one attached hydrogen (secondary N) is 2. The minimum atomic E-state index is -0.199. The van der Waals surface area contributed by atoms with Crippen LogP contribution in [-0.4, -0.2) is 21.9 Å². The molecular formula is C16H19ClN4O.